The molecular formula is C42H98N6Ni3O4. The van der Waals surface area contributed by atoms with Crippen LogP contribution >= 0.6 is 0 Å². The van der Waals surface area contributed by atoms with Gasteiger partial charge >= 0.3 is 16.5 Å². The minimum Gasteiger partial charge on any atom is -0.673 e. The van der Waals surface area contributed by atoms with Crippen molar-refractivity contribution in [3.05, 3.63) is 10.6 Å². The minimum absolute atomic E-state index is 0. The van der Waals surface area contributed by atoms with Gasteiger partial charge in [0.2, 0.25) is 0 Å². The van der Waals surface area contributed by atoms with Gasteiger partial charge in [-0.3, -0.25) is 0 Å². The van der Waals surface area contributed by atoms with Crippen LogP contribution in [-0.2, 0) is 49.5 Å². The van der Waals surface area contributed by atoms with Crippen LogP contribution in [0.3, 0.4) is 0 Å². The first kappa shape index (κ1) is 73.6. The van der Waals surface area contributed by atoms with E-state index >= 15 is 0 Å². The van der Waals surface area contributed by atoms with Gasteiger partial charge in [-0.2, -0.15) is 0 Å². The summed E-state index contributed by atoms with van der Waals surface area (Å²) in [5.41, 5.74) is -2.16. The zero-order chi connectivity index (χ0) is 42.8. The largest absolute Gasteiger partial charge is 2.00 e. The van der Waals surface area contributed by atoms with Crippen LogP contribution in [-0.4, -0.2) is 160 Å². The van der Waals surface area contributed by atoms with Crippen molar-refractivity contribution in [3.63, 3.8) is 0 Å². The predicted molar refractivity (Wildman–Crippen MR) is 232 cm³/mol. The Labute approximate surface area is 375 Å². The third kappa shape index (κ3) is 83.6. The SMILES string of the molecule is CC([N-]C(C)(C)C)[N-]C(C)(C)C.CCCCN(C)CC(C)(C)O.CCCCN(C)CC(C)(C)O.CCN(C)CC(C)(C)O.CCN(C)CC(C)(C)O.[Ni+2].[Ni].[Ni]. The van der Waals surface area contributed by atoms with Gasteiger partial charge in [0.15, 0.2) is 0 Å². The van der Waals surface area contributed by atoms with Crippen molar-refractivity contribution in [2.75, 3.05) is 80.5 Å². The average molecular weight is 927 g/mol. The first-order valence-electron chi connectivity index (χ1n) is 20.0. The molecule has 4 N–H and O–H groups in total. The second-order valence-electron chi connectivity index (χ2n) is 19.3. The van der Waals surface area contributed by atoms with Gasteiger partial charge < -0.3 is 50.7 Å². The number of nitrogens with zero attached hydrogens (tertiary/aromatic N) is 6. The first-order valence-corrected chi connectivity index (χ1v) is 20.0. The molecule has 0 aromatic rings. The molecule has 0 amide bonds. The number of rotatable bonds is 18. The van der Waals surface area contributed by atoms with Gasteiger partial charge in [0.05, 0.1) is 22.4 Å². The maximum Gasteiger partial charge on any atom is 2.00 e. The van der Waals surface area contributed by atoms with E-state index in [2.05, 4.69) is 99.5 Å². The fraction of sp³-hybridized carbons (Fsp3) is 1.00. The van der Waals surface area contributed by atoms with Crippen molar-refractivity contribution in [2.45, 2.75) is 197 Å². The molecule has 0 rings (SSSR count). The van der Waals surface area contributed by atoms with E-state index in [1.807, 2.05) is 90.5 Å². The molecule has 10 nitrogen and oxygen atoms in total. The summed E-state index contributed by atoms with van der Waals surface area (Å²) in [6, 6.07) is 0. The van der Waals surface area contributed by atoms with Gasteiger partial charge in [-0.05, 0) is 123 Å². The van der Waals surface area contributed by atoms with Crippen LogP contribution in [0.25, 0.3) is 10.6 Å². The van der Waals surface area contributed by atoms with Crippen molar-refractivity contribution in [2.24, 2.45) is 0 Å². The molecule has 0 bridgehead atoms. The molecule has 0 atom stereocenters. The molecule has 350 valence electrons. The molecule has 0 spiro atoms. The molecule has 0 unspecified atom stereocenters. The van der Waals surface area contributed by atoms with Gasteiger partial charge in [0, 0.05) is 59.2 Å². The van der Waals surface area contributed by atoms with Gasteiger partial charge in [-0.15, -0.1) is 18.0 Å². The Hall–Kier alpha value is 1.08. The monoisotopic (exact) mass is 925 g/mol. The summed E-state index contributed by atoms with van der Waals surface area (Å²) in [5.74, 6) is 0. The molecule has 0 aliphatic carbocycles. The fourth-order valence-electron chi connectivity index (χ4n) is 5.03. The van der Waals surface area contributed by atoms with Crippen LogP contribution in [0.15, 0.2) is 0 Å². The summed E-state index contributed by atoms with van der Waals surface area (Å²) in [6.45, 7) is 44.9. The number of hydrogen-bond acceptors (Lipinski definition) is 8. The average Bonchev–Trinajstić information content (AvgIpc) is 2.86. The van der Waals surface area contributed by atoms with Gasteiger partial charge in [-0.1, -0.05) is 82.1 Å². The number of aliphatic hydroxyl groups is 4. The van der Waals surface area contributed by atoms with Crippen LogP contribution in [0, 0.1) is 0 Å². The molecule has 0 saturated carbocycles. The topological polar surface area (TPSA) is 122 Å². The summed E-state index contributed by atoms with van der Waals surface area (Å²) in [5, 5.41) is 46.5. The summed E-state index contributed by atoms with van der Waals surface area (Å²) < 4.78 is 0. The zero-order valence-corrected chi connectivity index (χ0v) is 43.4. The molecule has 0 aliphatic heterocycles. The first-order chi connectivity index (χ1) is 22.9. The Morgan fingerprint density at radius 1 is 0.436 bits per heavy atom. The Morgan fingerprint density at radius 2 is 0.636 bits per heavy atom. The molecule has 0 saturated heterocycles. The van der Waals surface area contributed by atoms with Crippen molar-refractivity contribution >= 4 is 0 Å². The Bertz CT molecular complexity index is 725. The molecule has 55 heavy (non-hydrogen) atoms. The van der Waals surface area contributed by atoms with E-state index in [-0.39, 0.29) is 66.7 Å². The summed E-state index contributed by atoms with van der Waals surface area (Å²) in [4.78, 5) is 8.51. The molecule has 0 aromatic heterocycles. The van der Waals surface area contributed by atoms with Gasteiger partial charge in [0.1, 0.15) is 0 Å². The van der Waals surface area contributed by atoms with E-state index in [0.717, 1.165) is 52.4 Å². The molecular weight excluding hydrogens is 829 g/mol. The molecule has 0 fully saturated rings. The third-order valence-electron chi connectivity index (χ3n) is 6.64. The maximum atomic E-state index is 9.45. The van der Waals surface area contributed by atoms with Crippen LogP contribution in [0.1, 0.15) is 157 Å². The van der Waals surface area contributed by atoms with E-state index in [1.54, 1.807) is 0 Å². The van der Waals surface area contributed by atoms with Crippen LogP contribution in [0.5, 0.6) is 0 Å². The van der Waals surface area contributed by atoms with Crippen LogP contribution in [0.4, 0.5) is 0 Å². The van der Waals surface area contributed by atoms with Crippen molar-refractivity contribution < 1.29 is 69.9 Å². The van der Waals surface area contributed by atoms with E-state index in [1.165, 1.54) is 25.7 Å². The molecule has 0 aliphatic rings. The van der Waals surface area contributed by atoms with Crippen LogP contribution < -0.4 is 0 Å². The van der Waals surface area contributed by atoms with Gasteiger partial charge in [0.25, 0.3) is 0 Å². The van der Waals surface area contributed by atoms with E-state index in [9.17, 15) is 20.4 Å². The Balaban J connectivity index is -0.0000000829. The summed E-state index contributed by atoms with van der Waals surface area (Å²) in [6.07, 6.45) is 4.97. The smallest absolute Gasteiger partial charge is 0.673 e. The van der Waals surface area contributed by atoms with Crippen molar-refractivity contribution in [1.82, 2.24) is 19.6 Å². The summed E-state index contributed by atoms with van der Waals surface area (Å²) in [7, 11) is 8.09. The standard InChI is InChI=1S/C10H22N2.2C9H21NO.2C7H17NO.3Ni/c1-8(11-9(2,3)4)12-10(5,6)7;2*1-5-6-7-10(4)8-9(2,3)11;2*1-5-8(4)6-7(2,3)9;;;/h8H,1-7H3;2*11H,5-8H2,1-4H3;2*9H,5-6H2,1-4H3;;;/q-2;;;;;;;+2. The maximum absolute atomic E-state index is 9.45. The Kier molecular flexibility index (Phi) is 49.4. The third-order valence-corrected chi connectivity index (χ3v) is 6.64. The second kappa shape index (κ2) is 36.9. The normalized spacial score (nSPS) is 12.2. The summed E-state index contributed by atoms with van der Waals surface area (Å²) >= 11 is 0. The van der Waals surface area contributed by atoms with Crippen LogP contribution in [0.2, 0.25) is 0 Å². The van der Waals surface area contributed by atoms with E-state index < -0.39 is 22.4 Å². The molecule has 13 heteroatoms. The zero-order valence-electron chi connectivity index (χ0n) is 40.5. The van der Waals surface area contributed by atoms with Gasteiger partial charge in [-0.25, -0.2) is 6.17 Å². The van der Waals surface area contributed by atoms with E-state index in [0.29, 0.717) is 0 Å². The molecule has 0 heterocycles. The predicted octanol–water partition coefficient (Wildman–Crippen LogP) is 8.07. The van der Waals surface area contributed by atoms with E-state index in [4.69, 9.17) is 0 Å². The molecule has 0 aromatic carbocycles. The van der Waals surface area contributed by atoms with Crippen molar-refractivity contribution in [1.29, 1.82) is 0 Å². The quantitative estimate of drug-likeness (QED) is 0.102. The fourth-order valence-corrected chi connectivity index (χ4v) is 5.03. The minimum atomic E-state index is -0.553. The number of hydrogen-bond donors (Lipinski definition) is 4. The second-order valence-corrected chi connectivity index (χ2v) is 19.3. The molecule has 0 radical (unpaired) electrons. The Morgan fingerprint density at radius 3 is 0.764 bits per heavy atom. The number of unbranched alkanes of at least 4 members (excludes halogenated alkanes) is 2. The number of likely N-dealkylation sites (N-methyl/N-ethyl adjacent to an activating group) is 4. The van der Waals surface area contributed by atoms with Crippen molar-refractivity contribution in [3.8, 4) is 0 Å².